The van der Waals surface area contributed by atoms with Gasteiger partial charge in [-0.1, -0.05) is 0 Å². The van der Waals surface area contributed by atoms with E-state index in [-0.39, 0.29) is 5.91 Å². The zero-order valence-electron chi connectivity index (χ0n) is 15.4. The number of pyridine rings is 1. The Kier molecular flexibility index (Phi) is 5.23. The molecule has 0 saturated carbocycles. The van der Waals surface area contributed by atoms with E-state index in [2.05, 4.69) is 11.4 Å². The van der Waals surface area contributed by atoms with Crippen LogP contribution in [0.4, 0.5) is 5.69 Å². The maximum atomic E-state index is 12.6. The van der Waals surface area contributed by atoms with Gasteiger partial charge in [-0.2, -0.15) is 9.83 Å². The molecule has 0 aliphatic heterocycles. The number of ether oxygens (including phenoxy) is 2. The number of anilines is 1. The summed E-state index contributed by atoms with van der Waals surface area (Å²) in [5.74, 6) is 1.15. The van der Waals surface area contributed by atoms with Gasteiger partial charge in [-0.25, -0.2) is 0 Å². The summed E-state index contributed by atoms with van der Waals surface area (Å²) < 4.78 is 12.5. The Bertz CT molecular complexity index is 1020. The lowest BCUT2D eigenvalue weighted by Crippen LogP contribution is -2.44. The van der Waals surface area contributed by atoms with Crippen molar-refractivity contribution in [3.05, 3.63) is 60.4 Å². The molecule has 136 valence electrons. The first-order valence-corrected chi connectivity index (χ1v) is 8.43. The minimum atomic E-state index is -0.418. The third-order valence-electron chi connectivity index (χ3n) is 4.41. The molecule has 0 radical (unpaired) electrons. The van der Waals surface area contributed by atoms with Gasteiger partial charge >= 0.3 is 0 Å². The second kappa shape index (κ2) is 7.75. The van der Waals surface area contributed by atoms with Crippen LogP contribution in [0.5, 0.6) is 11.5 Å². The topological polar surface area (TPSA) is 75.2 Å². The molecular weight excluding hydrogens is 342 g/mol. The van der Waals surface area contributed by atoms with E-state index in [1.807, 2.05) is 42.1 Å². The maximum absolute atomic E-state index is 12.6. The van der Waals surface area contributed by atoms with Gasteiger partial charge in [-0.3, -0.25) is 4.79 Å². The number of methoxy groups -OCH3 is 2. The molecule has 0 spiro atoms. The smallest absolute Gasteiger partial charge is 0.293 e. The molecule has 6 heteroatoms. The molecule has 2 aromatic carbocycles. The SMILES string of the molecule is COc1cc2cc[n+]([C@H](C)C(=O)Nc3ccc(C#N)cc3)cc2cc1OC. The Morgan fingerprint density at radius 3 is 2.30 bits per heavy atom. The lowest BCUT2D eigenvalue weighted by Gasteiger charge is -2.11. The Balaban J connectivity index is 1.84. The summed E-state index contributed by atoms with van der Waals surface area (Å²) in [6.07, 6.45) is 3.76. The minimum absolute atomic E-state index is 0.149. The number of amides is 1. The normalized spacial score (nSPS) is 11.5. The maximum Gasteiger partial charge on any atom is 0.293 e. The summed E-state index contributed by atoms with van der Waals surface area (Å²) >= 11 is 0. The van der Waals surface area contributed by atoms with Gasteiger partial charge in [0.1, 0.15) is 0 Å². The molecular formula is C21H20N3O3+. The predicted octanol–water partition coefficient (Wildman–Crippen LogP) is 3.22. The first-order valence-electron chi connectivity index (χ1n) is 8.43. The molecule has 0 bridgehead atoms. The van der Waals surface area contributed by atoms with Crippen molar-refractivity contribution in [2.75, 3.05) is 19.5 Å². The van der Waals surface area contributed by atoms with Crippen molar-refractivity contribution in [2.24, 2.45) is 0 Å². The monoisotopic (exact) mass is 362 g/mol. The van der Waals surface area contributed by atoms with Crippen molar-refractivity contribution in [3.63, 3.8) is 0 Å². The van der Waals surface area contributed by atoms with Gasteiger partial charge in [0.15, 0.2) is 23.9 Å². The standard InChI is InChI=1S/C21H19N3O3/c1-14(21(25)23-18-6-4-15(12-22)5-7-18)24-9-8-16-10-19(26-2)20(27-3)11-17(16)13-24/h4-11,13-14H,1-3H3/p+1/t14-/m1/s1. The van der Waals surface area contributed by atoms with Crippen LogP contribution < -0.4 is 19.4 Å². The molecule has 3 aromatic rings. The number of fused-ring (bicyclic) bond motifs is 1. The molecule has 3 rings (SSSR count). The van der Waals surface area contributed by atoms with E-state index >= 15 is 0 Å². The van der Waals surface area contributed by atoms with Crippen LogP contribution in [0.2, 0.25) is 0 Å². The minimum Gasteiger partial charge on any atom is -0.493 e. The molecule has 1 heterocycles. The average molecular weight is 362 g/mol. The van der Waals surface area contributed by atoms with Crippen molar-refractivity contribution in [1.82, 2.24) is 0 Å². The van der Waals surface area contributed by atoms with Crippen molar-refractivity contribution in [2.45, 2.75) is 13.0 Å². The van der Waals surface area contributed by atoms with Gasteiger partial charge in [0.05, 0.1) is 25.9 Å². The van der Waals surface area contributed by atoms with Gasteiger partial charge in [-0.05, 0) is 41.8 Å². The fraction of sp³-hybridized carbons (Fsp3) is 0.190. The first-order chi connectivity index (χ1) is 13.0. The molecule has 27 heavy (non-hydrogen) atoms. The van der Waals surface area contributed by atoms with Crippen molar-refractivity contribution >= 4 is 22.4 Å². The average Bonchev–Trinajstić information content (AvgIpc) is 2.72. The van der Waals surface area contributed by atoms with Crippen LogP contribution in [0.1, 0.15) is 18.5 Å². The Morgan fingerprint density at radius 1 is 1.07 bits per heavy atom. The summed E-state index contributed by atoms with van der Waals surface area (Å²) in [4.78, 5) is 12.6. The third-order valence-corrected chi connectivity index (χ3v) is 4.41. The largest absolute Gasteiger partial charge is 0.493 e. The summed E-state index contributed by atoms with van der Waals surface area (Å²) in [7, 11) is 3.19. The molecule has 0 aliphatic rings. The molecule has 1 aromatic heterocycles. The second-order valence-corrected chi connectivity index (χ2v) is 6.08. The fourth-order valence-electron chi connectivity index (χ4n) is 2.79. The lowest BCUT2D eigenvalue weighted by atomic mass is 10.1. The number of hydrogen-bond acceptors (Lipinski definition) is 4. The molecule has 1 atom stereocenters. The van der Waals surface area contributed by atoms with Crippen LogP contribution in [0, 0.1) is 11.3 Å². The zero-order valence-corrected chi connectivity index (χ0v) is 15.4. The highest BCUT2D eigenvalue weighted by Crippen LogP contribution is 2.31. The molecule has 0 aliphatic carbocycles. The van der Waals surface area contributed by atoms with E-state index in [0.717, 1.165) is 10.8 Å². The number of benzene rings is 2. The lowest BCUT2D eigenvalue weighted by molar-refractivity contribution is -0.704. The molecule has 0 saturated heterocycles. The van der Waals surface area contributed by atoms with Crippen molar-refractivity contribution in [3.8, 4) is 17.6 Å². The molecule has 1 N–H and O–H groups in total. The van der Waals surface area contributed by atoms with E-state index in [1.165, 1.54) is 0 Å². The van der Waals surface area contributed by atoms with E-state index in [0.29, 0.717) is 22.7 Å². The Labute approximate surface area is 157 Å². The number of rotatable bonds is 5. The summed E-state index contributed by atoms with van der Waals surface area (Å²) in [6.45, 7) is 1.82. The molecule has 1 amide bonds. The van der Waals surface area contributed by atoms with Gasteiger partial charge in [-0.15, -0.1) is 0 Å². The van der Waals surface area contributed by atoms with Gasteiger partial charge < -0.3 is 14.8 Å². The van der Waals surface area contributed by atoms with Gasteiger partial charge in [0, 0.05) is 24.1 Å². The fourth-order valence-corrected chi connectivity index (χ4v) is 2.79. The van der Waals surface area contributed by atoms with Crippen LogP contribution in [0.15, 0.2) is 54.9 Å². The van der Waals surface area contributed by atoms with E-state index in [1.54, 1.807) is 38.5 Å². The highest BCUT2D eigenvalue weighted by atomic mass is 16.5. The number of nitrogens with one attached hydrogen (secondary N) is 1. The molecule has 0 unspecified atom stereocenters. The zero-order chi connectivity index (χ0) is 19.4. The number of hydrogen-bond donors (Lipinski definition) is 1. The van der Waals surface area contributed by atoms with E-state index < -0.39 is 6.04 Å². The van der Waals surface area contributed by atoms with E-state index in [4.69, 9.17) is 14.7 Å². The molecule has 0 fully saturated rings. The second-order valence-electron chi connectivity index (χ2n) is 6.08. The number of carbonyl (C=O) groups is 1. The van der Waals surface area contributed by atoms with Crippen LogP contribution in [0.3, 0.4) is 0 Å². The van der Waals surface area contributed by atoms with Gasteiger partial charge in [0.2, 0.25) is 6.04 Å². The highest BCUT2D eigenvalue weighted by molar-refractivity contribution is 5.92. The quantitative estimate of drug-likeness (QED) is 0.707. The Hall–Kier alpha value is -3.59. The summed E-state index contributed by atoms with van der Waals surface area (Å²) in [5, 5.41) is 13.6. The Morgan fingerprint density at radius 2 is 1.70 bits per heavy atom. The highest BCUT2D eigenvalue weighted by Gasteiger charge is 2.22. The number of carbonyl (C=O) groups excluding carboxylic acids is 1. The first kappa shape index (κ1) is 18.2. The number of aromatic nitrogens is 1. The van der Waals surface area contributed by atoms with Crippen LogP contribution in [0.25, 0.3) is 10.8 Å². The molecule has 6 nitrogen and oxygen atoms in total. The number of nitriles is 1. The third kappa shape index (κ3) is 3.82. The van der Waals surface area contributed by atoms with Crippen molar-refractivity contribution in [1.29, 1.82) is 5.26 Å². The van der Waals surface area contributed by atoms with Crippen LogP contribution >= 0.6 is 0 Å². The van der Waals surface area contributed by atoms with Crippen LogP contribution in [-0.4, -0.2) is 20.1 Å². The van der Waals surface area contributed by atoms with E-state index in [9.17, 15) is 4.79 Å². The predicted molar refractivity (Wildman–Crippen MR) is 102 cm³/mol. The number of nitrogens with zero attached hydrogens (tertiary/aromatic N) is 2. The van der Waals surface area contributed by atoms with Crippen molar-refractivity contribution < 1.29 is 18.8 Å². The summed E-state index contributed by atoms with van der Waals surface area (Å²) in [6, 6.07) is 14.1. The van der Waals surface area contributed by atoms with Crippen LogP contribution in [-0.2, 0) is 4.79 Å². The summed E-state index contributed by atoms with van der Waals surface area (Å²) in [5.41, 5.74) is 1.20. The van der Waals surface area contributed by atoms with Gasteiger partial charge in [0.25, 0.3) is 5.91 Å².